The molecule has 2 atom stereocenters. The van der Waals surface area contributed by atoms with Crippen molar-refractivity contribution in [1.82, 2.24) is 15.3 Å². The van der Waals surface area contributed by atoms with Gasteiger partial charge in [0, 0.05) is 48.3 Å². The second-order valence-electron chi connectivity index (χ2n) is 8.72. The summed E-state index contributed by atoms with van der Waals surface area (Å²) >= 11 is 1.62. The van der Waals surface area contributed by atoms with E-state index in [0.717, 1.165) is 30.8 Å². The van der Waals surface area contributed by atoms with Crippen LogP contribution in [0.1, 0.15) is 52.0 Å². The molecular formula is C27H24N4O2S. The van der Waals surface area contributed by atoms with Crippen molar-refractivity contribution in [3.8, 4) is 5.75 Å². The molecule has 2 unspecified atom stereocenters. The zero-order valence-electron chi connectivity index (χ0n) is 18.5. The number of aromatic hydroxyl groups is 1. The molecule has 34 heavy (non-hydrogen) atoms. The summed E-state index contributed by atoms with van der Waals surface area (Å²) in [6.45, 7) is 1.79. The molecule has 0 fully saturated rings. The van der Waals surface area contributed by atoms with Crippen LogP contribution in [0.25, 0.3) is 0 Å². The SMILES string of the molecule is O=C(C1=CCC(c2cccc3c2CNC3)S1)N1N=C(c2cccnc2)CC1c1ccccc1O. The smallest absolute Gasteiger partial charge is 0.280 e. The number of para-hydroxylation sites is 1. The molecule has 3 aliphatic rings. The predicted octanol–water partition coefficient (Wildman–Crippen LogP) is 4.83. The Labute approximate surface area is 202 Å². The summed E-state index contributed by atoms with van der Waals surface area (Å²) in [6.07, 6.45) is 6.86. The molecule has 0 saturated heterocycles. The van der Waals surface area contributed by atoms with Crippen LogP contribution in [0.15, 0.2) is 83.1 Å². The Kier molecular flexibility index (Phi) is 5.43. The number of hydrogen-bond acceptors (Lipinski definition) is 6. The highest BCUT2D eigenvalue weighted by Crippen LogP contribution is 2.48. The van der Waals surface area contributed by atoms with Crippen LogP contribution in [-0.4, -0.2) is 26.7 Å². The van der Waals surface area contributed by atoms with Crippen molar-refractivity contribution >= 4 is 23.4 Å². The number of carbonyl (C=O) groups is 1. The maximum absolute atomic E-state index is 13.8. The monoisotopic (exact) mass is 468 g/mol. The van der Waals surface area contributed by atoms with Gasteiger partial charge in [0.2, 0.25) is 0 Å². The van der Waals surface area contributed by atoms with Crippen molar-refractivity contribution in [3.63, 3.8) is 0 Å². The minimum atomic E-state index is -0.366. The Morgan fingerprint density at radius 3 is 2.79 bits per heavy atom. The summed E-state index contributed by atoms with van der Waals surface area (Å²) in [5.41, 5.74) is 6.41. The molecular weight excluding hydrogens is 444 g/mol. The molecule has 1 aromatic heterocycles. The third kappa shape index (κ3) is 3.71. The number of nitrogens with zero attached hydrogens (tertiary/aromatic N) is 3. The number of allylic oxidation sites excluding steroid dienone is 1. The number of thioether (sulfide) groups is 1. The number of hydrogen-bond donors (Lipinski definition) is 2. The normalized spacial score (nSPS) is 21.4. The molecule has 0 aliphatic carbocycles. The van der Waals surface area contributed by atoms with Crippen molar-refractivity contribution < 1.29 is 9.90 Å². The van der Waals surface area contributed by atoms with E-state index in [2.05, 4.69) is 28.5 Å². The van der Waals surface area contributed by atoms with Crippen LogP contribution in [-0.2, 0) is 17.9 Å². The van der Waals surface area contributed by atoms with Crippen LogP contribution in [0.2, 0.25) is 0 Å². The Morgan fingerprint density at radius 2 is 1.94 bits per heavy atom. The van der Waals surface area contributed by atoms with Gasteiger partial charge in [0.25, 0.3) is 5.91 Å². The molecule has 3 aliphatic heterocycles. The zero-order chi connectivity index (χ0) is 23.1. The Hall–Kier alpha value is -3.42. The molecule has 7 heteroatoms. The van der Waals surface area contributed by atoms with Crippen LogP contribution < -0.4 is 5.32 Å². The van der Waals surface area contributed by atoms with Crippen molar-refractivity contribution in [1.29, 1.82) is 0 Å². The summed E-state index contributed by atoms with van der Waals surface area (Å²) < 4.78 is 0. The lowest BCUT2D eigenvalue weighted by Gasteiger charge is -2.23. The highest BCUT2D eigenvalue weighted by atomic mass is 32.2. The number of fused-ring (bicyclic) bond motifs is 1. The van der Waals surface area contributed by atoms with Crippen molar-refractivity contribution in [3.05, 3.63) is 106 Å². The molecule has 0 bridgehead atoms. The molecule has 0 spiro atoms. The number of pyridine rings is 1. The minimum absolute atomic E-state index is 0.120. The molecule has 6 rings (SSSR count). The second-order valence-corrected chi connectivity index (χ2v) is 9.96. The fourth-order valence-electron chi connectivity index (χ4n) is 4.98. The van der Waals surface area contributed by atoms with Crippen molar-refractivity contribution in [2.24, 2.45) is 5.10 Å². The van der Waals surface area contributed by atoms with Crippen LogP contribution in [0.4, 0.5) is 0 Å². The first-order valence-electron chi connectivity index (χ1n) is 11.5. The summed E-state index contributed by atoms with van der Waals surface area (Å²) in [6, 6.07) is 17.1. The molecule has 2 aromatic carbocycles. The molecule has 6 nitrogen and oxygen atoms in total. The van der Waals surface area contributed by atoms with Gasteiger partial charge in [-0.3, -0.25) is 9.78 Å². The molecule has 0 saturated carbocycles. The lowest BCUT2D eigenvalue weighted by molar-refractivity contribution is -0.128. The van der Waals surface area contributed by atoms with Gasteiger partial charge in [-0.25, -0.2) is 5.01 Å². The molecule has 1 amide bonds. The number of rotatable bonds is 4. The molecule has 0 radical (unpaired) electrons. The first-order chi connectivity index (χ1) is 16.7. The lowest BCUT2D eigenvalue weighted by Crippen LogP contribution is -2.27. The van der Waals surface area contributed by atoms with Crippen molar-refractivity contribution in [2.75, 3.05) is 0 Å². The highest BCUT2D eigenvalue weighted by molar-refractivity contribution is 8.04. The van der Waals surface area contributed by atoms with E-state index in [0.29, 0.717) is 16.9 Å². The first kappa shape index (κ1) is 21.1. The summed E-state index contributed by atoms with van der Waals surface area (Å²) in [4.78, 5) is 18.7. The number of benzene rings is 2. The lowest BCUT2D eigenvalue weighted by atomic mass is 9.98. The number of hydrazone groups is 1. The van der Waals surface area contributed by atoms with Crippen LogP contribution in [0.5, 0.6) is 5.75 Å². The van der Waals surface area contributed by atoms with Gasteiger partial charge in [0.1, 0.15) is 5.75 Å². The van der Waals surface area contributed by atoms with Crippen LogP contribution >= 0.6 is 11.8 Å². The Balaban J connectivity index is 1.29. The summed E-state index contributed by atoms with van der Waals surface area (Å²) in [7, 11) is 0. The number of phenols is 1. The number of phenolic OH excluding ortho intramolecular Hbond substituents is 1. The van der Waals surface area contributed by atoms with Crippen LogP contribution in [0.3, 0.4) is 0 Å². The average Bonchev–Trinajstić information content (AvgIpc) is 3.64. The maximum atomic E-state index is 13.8. The standard InChI is InChI=1S/C27H24N4O2S/c32-24-9-2-1-7-20(24)23-13-22(18-6-4-12-28-15-18)30-31(23)27(33)26-11-10-25(34-26)19-8-3-5-17-14-29-16-21(17)19/h1-9,11-12,15,23,25,29,32H,10,13-14,16H2. The topological polar surface area (TPSA) is 77.8 Å². The summed E-state index contributed by atoms with van der Waals surface area (Å²) in [5.74, 6) is 0.0524. The second kappa shape index (κ2) is 8.74. The number of nitrogens with one attached hydrogen (secondary N) is 1. The molecule has 2 N–H and O–H groups in total. The minimum Gasteiger partial charge on any atom is -0.508 e. The highest BCUT2D eigenvalue weighted by Gasteiger charge is 2.38. The van der Waals surface area contributed by atoms with E-state index in [9.17, 15) is 9.90 Å². The van der Waals surface area contributed by atoms with Gasteiger partial charge in [-0.05, 0) is 35.2 Å². The maximum Gasteiger partial charge on any atom is 0.280 e. The quantitative estimate of drug-likeness (QED) is 0.574. The Bertz CT molecular complexity index is 1320. The van der Waals surface area contributed by atoms with Crippen LogP contribution in [0, 0.1) is 0 Å². The van der Waals surface area contributed by atoms with Gasteiger partial charge in [-0.2, -0.15) is 5.10 Å². The van der Waals surface area contributed by atoms with E-state index < -0.39 is 0 Å². The largest absolute Gasteiger partial charge is 0.508 e. The van der Waals surface area contributed by atoms with E-state index in [4.69, 9.17) is 5.10 Å². The van der Waals surface area contributed by atoms with Gasteiger partial charge in [0.05, 0.1) is 16.7 Å². The average molecular weight is 469 g/mol. The third-order valence-corrected chi connectivity index (χ3v) is 8.01. The zero-order valence-corrected chi connectivity index (χ0v) is 19.3. The van der Waals surface area contributed by atoms with Gasteiger partial charge in [-0.15, -0.1) is 11.8 Å². The van der Waals surface area contributed by atoms with E-state index in [1.165, 1.54) is 16.7 Å². The first-order valence-corrected chi connectivity index (χ1v) is 12.3. The number of aromatic nitrogens is 1. The fourth-order valence-corrected chi connectivity index (χ4v) is 6.21. The summed E-state index contributed by atoms with van der Waals surface area (Å²) in [5, 5.41) is 20.5. The third-order valence-electron chi connectivity index (χ3n) is 6.68. The molecule has 4 heterocycles. The van der Waals surface area contributed by atoms with E-state index in [1.54, 1.807) is 41.3 Å². The van der Waals surface area contributed by atoms with E-state index in [-0.39, 0.29) is 22.9 Å². The Morgan fingerprint density at radius 1 is 1.06 bits per heavy atom. The van der Waals surface area contributed by atoms with Crippen molar-refractivity contribution in [2.45, 2.75) is 37.2 Å². The number of amides is 1. The van der Waals surface area contributed by atoms with E-state index in [1.807, 2.05) is 30.3 Å². The van der Waals surface area contributed by atoms with Gasteiger partial charge in [-0.1, -0.05) is 48.5 Å². The van der Waals surface area contributed by atoms with Gasteiger partial charge in [0.15, 0.2) is 0 Å². The predicted molar refractivity (Wildman–Crippen MR) is 133 cm³/mol. The van der Waals surface area contributed by atoms with Gasteiger partial charge >= 0.3 is 0 Å². The number of carbonyl (C=O) groups excluding carboxylic acids is 1. The molecule has 170 valence electrons. The van der Waals surface area contributed by atoms with Gasteiger partial charge < -0.3 is 10.4 Å². The molecule has 3 aromatic rings. The fraction of sp³-hybridized carbons (Fsp3) is 0.222. The van der Waals surface area contributed by atoms with E-state index >= 15 is 0 Å².